The molecular weight excluding hydrogens is 591 g/mol. The fourth-order valence-electron chi connectivity index (χ4n) is 8.66. The fraction of sp³-hybridized carbons (Fsp3) is 0.333. The Hall–Kier alpha value is -4.36. The van der Waals surface area contributed by atoms with Gasteiger partial charge >= 0.3 is 0 Å². The van der Waals surface area contributed by atoms with E-state index in [0.29, 0.717) is 11.8 Å². The van der Waals surface area contributed by atoms with Gasteiger partial charge in [-0.2, -0.15) is 0 Å². The highest BCUT2D eigenvalue weighted by molar-refractivity contribution is 5.81. The van der Waals surface area contributed by atoms with Crippen LogP contribution in [0.5, 0.6) is 0 Å². The van der Waals surface area contributed by atoms with E-state index in [-0.39, 0.29) is 17.3 Å². The van der Waals surface area contributed by atoms with Crippen LogP contribution in [-0.2, 0) is 6.42 Å². The normalized spacial score (nSPS) is 21.7. The molecule has 3 aromatic rings. The molecule has 1 heteroatoms. The summed E-state index contributed by atoms with van der Waals surface area (Å²) < 4.78 is 0. The zero-order valence-electron chi connectivity index (χ0n) is 30.4. The largest absolute Gasteiger partial charge is 0.313 e. The minimum Gasteiger partial charge on any atom is -0.313 e. The number of benzene rings is 3. The summed E-state index contributed by atoms with van der Waals surface area (Å²) in [6.45, 7) is 14.2. The molecule has 0 bridgehead atoms. The molecule has 250 valence electrons. The van der Waals surface area contributed by atoms with Crippen LogP contribution in [0.3, 0.4) is 0 Å². The van der Waals surface area contributed by atoms with Crippen LogP contribution in [0, 0.1) is 29.1 Å². The van der Waals surface area contributed by atoms with E-state index in [0.717, 1.165) is 25.7 Å². The number of fused-ring (bicyclic) bond motifs is 2. The maximum absolute atomic E-state index is 2.65. The standard InChI is InChI=1S/C48H53N/c1-33-17-15-21-37(29-33)44(31-36-19-9-7-10-20-36)35(3)46-41-25-13-14-26-42(41)47(43-28-27-38(32-45(43)46)48(4,5)6)49(39-22-11-8-12-23-39)40-24-16-18-34(2)30-40/h7-14,19-30,32,35,43-45H,15-18,31H2,1-6H3. The predicted molar refractivity (Wildman–Crippen MR) is 210 cm³/mol. The first-order chi connectivity index (χ1) is 23.7. The molecule has 0 saturated heterocycles. The monoisotopic (exact) mass is 643 g/mol. The highest BCUT2D eigenvalue weighted by Crippen LogP contribution is 2.48. The van der Waals surface area contributed by atoms with Crippen molar-refractivity contribution >= 4 is 17.0 Å². The van der Waals surface area contributed by atoms with Crippen LogP contribution >= 0.6 is 0 Å². The lowest BCUT2D eigenvalue weighted by Gasteiger charge is -2.43. The van der Waals surface area contributed by atoms with E-state index in [4.69, 9.17) is 0 Å². The molecule has 0 radical (unpaired) electrons. The summed E-state index contributed by atoms with van der Waals surface area (Å²) in [5, 5.41) is 2.78. The maximum atomic E-state index is 2.65. The Morgan fingerprint density at radius 3 is 2.04 bits per heavy atom. The number of rotatable bonds is 8. The number of nitrogens with zero attached hydrogens (tertiary/aromatic N) is 1. The van der Waals surface area contributed by atoms with Crippen molar-refractivity contribution in [1.82, 2.24) is 0 Å². The molecule has 4 aliphatic rings. The predicted octanol–water partition coefficient (Wildman–Crippen LogP) is 11.0. The third kappa shape index (κ3) is 6.78. The van der Waals surface area contributed by atoms with Gasteiger partial charge in [0, 0.05) is 34.1 Å². The average Bonchev–Trinajstić information content (AvgIpc) is 3.10. The Labute approximate surface area is 295 Å². The first-order valence-corrected chi connectivity index (χ1v) is 18.6. The lowest BCUT2D eigenvalue weighted by molar-refractivity contribution is 0.456. The quantitative estimate of drug-likeness (QED) is 0.236. The molecule has 49 heavy (non-hydrogen) atoms. The van der Waals surface area contributed by atoms with Gasteiger partial charge in [-0.1, -0.05) is 154 Å². The van der Waals surface area contributed by atoms with Crippen LogP contribution in [0.15, 0.2) is 155 Å². The van der Waals surface area contributed by atoms with Crippen LogP contribution in [0.25, 0.3) is 11.3 Å². The van der Waals surface area contributed by atoms with Gasteiger partial charge in [0.2, 0.25) is 0 Å². The molecule has 0 amide bonds. The highest BCUT2D eigenvalue weighted by atomic mass is 15.2. The second kappa shape index (κ2) is 13.9. The summed E-state index contributed by atoms with van der Waals surface area (Å²) in [6, 6.07) is 31.6. The van der Waals surface area contributed by atoms with E-state index in [1.54, 1.807) is 5.57 Å². The second-order valence-electron chi connectivity index (χ2n) is 15.8. The van der Waals surface area contributed by atoms with E-state index in [9.17, 15) is 0 Å². The minimum absolute atomic E-state index is 0.0625. The van der Waals surface area contributed by atoms with Crippen molar-refractivity contribution in [2.45, 2.75) is 73.6 Å². The summed E-state index contributed by atoms with van der Waals surface area (Å²) in [4.78, 5) is 2.60. The van der Waals surface area contributed by atoms with Crippen molar-refractivity contribution in [3.63, 3.8) is 0 Å². The van der Waals surface area contributed by atoms with Crippen molar-refractivity contribution in [2.75, 3.05) is 4.90 Å². The molecule has 0 N–H and O–H groups in total. The molecule has 0 fully saturated rings. The van der Waals surface area contributed by atoms with Gasteiger partial charge in [-0.15, -0.1) is 0 Å². The zero-order valence-corrected chi connectivity index (χ0v) is 30.4. The smallest absolute Gasteiger partial charge is 0.0458 e. The Bertz CT molecular complexity index is 2000. The van der Waals surface area contributed by atoms with E-state index in [1.807, 2.05) is 0 Å². The molecule has 0 spiro atoms. The van der Waals surface area contributed by atoms with Crippen molar-refractivity contribution in [3.8, 4) is 0 Å². The summed E-state index contributed by atoms with van der Waals surface area (Å²) in [5.74, 6) is 1.20. The maximum Gasteiger partial charge on any atom is 0.0458 e. The van der Waals surface area contributed by atoms with Gasteiger partial charge in [0.05, 0.1) is 0 Å². The molecule has 0 heterocycles. The number of hydrogen-bond donors (Lipinski definition) is 0. The van der Waals surface area contributed by atoms with Crippen LogP contribution in [0.1, 0.15) is 72.8 Å². The van der Waals surface area contributed by atoms with Gasteiger partial charge in [0.1, 0.15) is 0 Å². The van der Waals surface area contributed by atoms with Gasteiger partial charge in [0.25, 0.3) is 0 Å². The van der Waals surface area contributed by atoms with E-state index >= 15 is 0 Å². The third-order valence-electron chi connectivity index (χ3n) is 11.2. The topological polar surface area (TPSA) is 3.24 Å². The van der Waals surface area contributed by atoms with E-state index in [2.05, 4.69) is 174 Å². The van der Waals surface area contributed by atoms with Crippen LogP contribution in [0.4, 0.5) is 5.69 Å². The molecule has 4 atom stereocenters. The fourth-order valence-corrected chi connectivity index (χ4v) is 8.66. The van der Waals surface area contributed by atoms with Gasteiger partial charge < -0.3 is 4.90 Å². The summed E-state index contributed by atoms with van der Waals surface area (Å²) in [7, 11) is 0. The van der Waals surface area contributed by atoms with Crippen LogP contribution in [-0.4, -0.2) is 0 Å². The Morgan fingerprint density at radius 1 is 0.735 bits per heavy atom. The van der Waals surface area contributed by atoms with Gasteiger partial charge in [-0.05, 0) is 103 Å². The van der Waals surface area contributed by atoms with Gasteiger partial charge in [0.15, 0.2) is 0 Å². The number of anilines is 1. The number of hydrogen-bond acceptors (Lipinski definition) is 1. The summed E-state index contributed by atoms with van der Waals surface area (Å²) in [6.07, 6.45) is 23.1. The van der Waals surface area contributed by atoms with Crippen molar-refractivity contribution < 1.29 is 0 Å². The van der Waals surface area contributed by atoms with E-state index in [1.165, 1.54) is 61.8 Å². The molecule has 4 aliphatic carbocycles. The first kappa shape index (κ1) is 33.2. The zero-order chi connectivity index (χ0) is 34.1. The van der Waals surface area contributed by atoms with Gasteiger partial charge in [-0.3, -0.25) is 0 Å². The molecule has 0 aromatic heterocycles. The number of allylic oxidation sites excluding steroid dienone is 10. The molecular formula is C48H53N. The molecule has 3 aromatic carbocycles. The summed E-state index contributed by atoms with van der Waals surface area (Å²) in [5.41, 5.74) is 12.9. The Balaban J connectivity index is 1.51. The molecule has 0 aliphatic heterocycles. The van der Waals surface area contributed by atoms with Crippen LogP contribution < -0.4 is 15.3 Å². The SMILES string of the molecule is CC1=CC(C(Cc2ccccc2)C(C)C2=c3ccccc3=C(N(C3=CCCC(C)=C3)c3ccccc3)C3C=CC(C(C)(C)C)=CC23)=CCC1. The van der Waals surface area contributed by atoms with Crippen molar-refractivity contribution in [2.24, 2.45) is 29.1 Å². The molecule has 7 rings (SSSR count). The number of para-hydroxylation sites is 1. The van der Waals surface area contributed by atoms with E-state index < -0.39 is 0 Å². The Kier molecular flexibility index (Phi) is 9.38. The lowest BCUT2D eigenvalue weighted by atomic mass is 9.65. The molecule has 1 nitrogen and oxygen atoms in total. The van der Waals surface area contributed by atoms with Gasteiger partial charge in [-0.25, -0.2) is 0 Å². The molecule has 0 saturated carbocycles. The Morgan fingerprint density at radius 2 is 1.37 bits per heavy atom. The van der Waals surface area contributed by atoms with Crippen molar-refractivity contribution in [3.05, 3.63) is 171 Å². The minimum atomic E-state index is 0.0625. The summed E-state index contributed by atoms with van der Waals surface area (Å²) >= 11 is 0. The lowest BCUT2D eigenvalue weighted by Crippen LogP contribution is -2.47. The van der Waals surface area contributed by atoms with Crippen LogP contribution in [0.2, 0.25) is 0 Å². The third-order valence-corrected chi connectivity index (χ3v) is 11.2. The second-order valence-corrected chi connectivity index (χ2v) is 15.8. The highest BCUT2D eigenvalue weighted by Gasteiger charge is 2.40. The first-order valence-electron chi connectivity index (χ1n) is 18.6. The molecule has 4 unspecified atom stereocenters. The van der Waals surface area contributed by atoms with Crippen molar-refractivity contribution in [1.29, 1.82) is 0 Å². The average molecular weight is 644 g/mol.